The van der Waals surface area contributed by atoms with Gasteiger partial charge in [-0.3, -0.25) is 0 Å². The summed E-state index contributed by atoms with van der Waals surface area (Å²) < 4.78 is 42.6. The predicted molar refractivity (Wildman–Crippen MR) is 108 cm³/mol. The first-order valence-corrected chi connectivity index (χ1v) is 10.6. The zero-order valence-corrected chi connectivity index (χ0v) is 16.9. The Bertz CT molecular complexity index is 980. The van der Waals surface area contributed by atoms with Gasteiger partial charge in [0.15, 0.2) is 0 Å². The van der Waals surface area contributed by atoms with Crippen LogP contribution in [0.1, 0.15) is 11.1 Å². The summed E-state index contributed by atoms with van der Waals surface area (Å²) in [5, 5.41) is 0. The van der Waals surface area contributed by atoms with Crippen molar-refractivity contribution >= 4 is 22.1 Å². The van der Waals surface area contributed by atoms with Crippen LogP contribution in [0.5, 0.6) is 5.75 Å². The molecule has 0 unspecified atom stereocenters. The summed E-state index contributed by atoms with van der Waals surface area (Å²) in [6.07, 6.45) is 2.92. The Kier molecular flexibility index (Phi) is 7.03. The molecule has 0 amide bonds. The molecule has 7 nitrogen and oxygen atoms in total. The highest BCUT2D eigenvalue weighted by Gasteiger charge is 2.26. The van der Waals surface area contributed by atoms with Gasteiger partial charge in [-0.25, -0.2) is 13.2 Å². The van der Waals surface area contributed by atoms with Crippen molar-refractivity contribution in [2.45, 2.75) is 11.5 Å². The fraction of sp³-hybridized carbons (Fsp3) is 0.286. The molecule has 0 N–H and O–H groups in total. The van der Waals surface area contributed by atoms with Gasteiger partial charge >= 0.3 is 5.97 Å². The van der Waals surface area contributed by atoms with E-state index in [1.54, 1.807) is 31.4 Å². The molecule has 1 aliphatic heterocycles. The monoisotopic (exact) mass is 417 g/mol. The number of ether oxygens (including phenoxy) is 3. The number of esters is 1. The molecule has 1 saturated heterocycles. The van der Waals surface area contributed by atoms with E-state index in [-0.39, 0.29) is 11.5 Å². The van der Waals surface area contributed by atoms with E-state index < -0.39 is 16.0 Å². The molecule has 2 aromatic carbocycles. The highest BCUT2D eigenvalue weighted by atomic mass is 32.2. The smallest absolute Gasteiger partial charge is 0.331 e. The van der Waals surface area contributed by atoms with E-state index in [2.05, 4.69) is 0 Å². The molecule has 29 heavy (non-hydrogen) atoms. The molecular formula is C21H23NO6S. The average Bonchev–Trinajstić information content (AvgIpc) is 2.77. The van der Waals surface area contributed by atoms with Crippen molar-refractivity contribution in [3.63, 3.8) is 0 Å². The van der Waals surface area contributed by atoms with Crippen LogP contribution in [0, 0.1) is 0 Å². The highest BCUT2D eigenvalue weighted by Crippen LogP contribution is 2.20. The maximum Gasteiger partial charge on any atom is 0.331 e. The van der Waals surface area contributed by atoms with E-state index in [9.17, 15) is 13.2 Å². The van der Waals surface area contributed by atoms with Gasteiger partial charge < -0.3 is 14.2 Å². The summed E-state index contributed by atoms with van der Waals surface area (Å²) in [7, 11) is -2.03. The lowest BCUT2D eigenvalue weighted by Gasteiger charge is -2.26. The minimum atomic E-state index is -3.59. The predicted octanol–water partition coefficient (Wildman–Crippen LogP) is 2.47. The van der Waals surface area contributed by atoms with Crippen LogP contribution in [0.3, 0.4) is 0 Å². The van der Waals surface area contributed by atoms with Crippen LogP contribution in [0.4, 0.5) is 0 Å². The first-order valence-electron chi connectivity index (χ1n) is 9.15. The van der Waals surface area contributed by atoms with Crippen LogP contribution in [0.25, 0.3) is 6.08 Å². The number of nitrogens with zero attached hydrogens (tertiary/aromatic N) is 1. The highest BCUT2D eigenvalue weighted by molar-refractivity contribution is 7.89. The van der Waals surface area contributed by atoms with Crippen LogP contribution in [0.15, 0.2) is 59.5 Å². The second-order valence-electron chi connectivity index (χ2n) is 6.35. The molecule has 0 atom stereocenters. The van der Waals surface area contributed by atoms with Gasteiger partial charge in [-0.1, -0.05) is 30.3 Å². The van der Waals surface area contributed by atoms with Gasteiger partial charge in [-0.15, -0.1) is 0 Å². The standard InChI is InChI=1S/C21H23NO6S/c1-26-20-8-3-2-6-18(20)9-10-21(23)28-16-17-5-4-7-19(15-17)29(24,25)22-11-13-27-14-12-22/h2-10,15H,11-14,16H2,1H3/b10-9+. The second-order valence-corrected chi connectivity index (χ2v) is 8.28. The molecule has 8 heteroatoms. The Hall–Kier alpha value is -2.68. The number of carbonyl (C=O) groups is 1. The van der Waals surface area contributed by atoms with E-state index >= 15 is 0 Å². The van der Waals surface area contributed by atoms with Crippen LogP contribution < -0.4 is 4.74 Å². The largest absolute Gasteiger partial charge is 0.496 e. The molecule has 2 aromatic rings. The molecule has 1 fully saturated rings. The van der Waals surface area contributed by atoms with E-state index in [1.807, 2.05) is 18.2 Å². The van der Waals surface area contributed by atoms with Crippen LogP contribution >= 0.6 is 0 Å². The number of hydrogen-bond acceptors (Lipinski definition) is 6. The van der Waals surface area contributed by atoms with E-state index in [0.717, 1.165) is 5.56 Å². The van der Waals surface area contributed by atoms with E-state index in [4.69, 9.17) is 14.2 Å². The van der Waals surface area contributed by atoms with Gasteiger partial charge in [0.1, 0.15) is 12.4 Å². The van der Waals surface area contributed by atoms with Gasteiger partial charge in [-0.05, 0) is 29.8 Å². The van der Waals surface area contributed by atoms with Crippen molar-refractivity contribution in [1.82, 2.24) is 4.31 Å². The number of sulfonamides is 1. The Morgan fingerprint density at radius 1 is 1.14 bits per heavy atom. The summed E-state index contributed by atoms with van der Waals surface area (Å²) in [5.74, 6) is 0.120. The normalized spacial score (nSPS) is 15.3. The minimum absolute atomic E-state index is 0.0262. The van der Waals surface area contributed by atoms with Gasteiger partial charge in [0.25, 0.3) is 0 Å². The number of para-hydroxylation sites is 1. The fourth-order valence-corrected chi connectivity index (χ4v) is 4.38. The summed E-state index contributed by atoms with van der Waals surface area (Å²) in [5.41, 5.74) is 1.35. The second kappa shape index (κ2) is 9.69. The Balaban J connectivity index is 1.63. The molecule has 0 aliphatic carbocycles. The molecule has 1 aliphatic rings. The van der Waals surface area contributed by atoms with Gasteiger partial charge in [0.05, 0.1) is 25.2 Å². The maximum absolute atomic E-state index is 12.7. The molecule has 1 heterocycles. The molecule has 0 saturated carbocycles. The number of carbonyl (C=O) groups excluding carboxylic acids is 1. The van der Waals surface area contributed by atoms with Crippen molar-refractivity contribution < 1.29 is 27.4 Å². The maximum atomic E-state index is 12.7. The molecule has 154 valence electrons. The average molecular weight is 417 g/mol. The first kappa shape index (κ1) is 21.0. The summed E-state index contributed by atoms with van der Waals surface area (Å²) in [4.78, 5) is 12.2. The molecule has 0 bridgehead atoms. The zero-order chi connectivity index (χ0) is 20.7. The Morgan fingerprint density at radius 2 is 1.90 bits per heavy atom. The number of benzene rings is 2. The minimum Gasteiger partial charge on any atom is -0.496 e. The molecule has 3 rings (SSSR count). The topological polar surface area (TPSA) is 82.1 Å². The zero-order valence-electron chi connectivity index (χ0n) is 16.1. The number of methoxy groups -OCH3 is 1. The lowest BCUT2D eigenvalue weighted by atomic mass is 10.2. The Labute approximate surface area is 170 Å². The number of hydrogen-bond donors (Lipinski definition) is 0. The number of morpholine rings is 1. The lowest BCUT2D eigenvalue weighted by molar-refractivity contribution is -0.138. The summed E-state index contributed by atoms with van der Waals surface area (Å²) in [6, 6.07) is 13.7. The van der Waals surface area contributed by atoms with Crippen LogP contribution in [0.2, 0.25) is 0 Å². The van der Waals surface area contributed by atoms with Gasteiger partial charge in [-0.2, -0.15) is 4.31 Å². The van der Waals surface area contributed by atoms with Gasteiger partial charge in [0.2, 0.25) is 10.0 Å². The lowest BCUT2D eigenvalue weighted by Crippen LogP contribution is -2.40. The summed E-state index contributed by atoms with van der Waals surface area (Å²) in [6.45, 7) is 1.40. The Morgan fingerprint density at radius 3 is 2.66 bits per heavy atom. The third-order valence-corrected chi connectivity index (χ3v) is 6.32. The van der Waals surface area contributed by atoms with Crippen molar-refractivity contribution in [1.29, 1.82) is 0 Å². The van der Waals surface area contributed by atoms with Crippen molar-refractivity contribution in [2.75, 3.05) is 33.4 Å². The fourth-order valence-electron chi connectivity index (χ4n) is 2.90. The number of rotatable bonds is 7. The molecule has 0 spiro atoms. The molecule has 0 aromatic heterocycles. The van der Waals surface area contributed by atoms with Crippen molar-refractivity contribution in [3.8, 4) is 5.75 Å². The van der Waals surface area contributed by atoms with Crippen LogP contribution in [-0.2, 0) is 30.9 Å². The van der Waals surface area contributed by atoms with Crippen molar-refractivity contribution in [2.24, 2.45) is 0 Å². The quantitative estimate of drug-likeness (QED) is 0.509. The van der Waals surface area contributed by atoms with Gasteiger partial charge in [0, 0.05) is 24.7 Å². The van der Waals surface area contributed by atoms with E-state index in [0.29, 0.717) is 37.6 Å². The summed E-state index contributed by atoms with van der Waals surface area (Å²) >= 11 is 0. The van der Waals surface area contributed by atoms with Crippen molar-refractivity contribution in [3.05, 3.63) is 65.7 Å². The molecular weight excluding hydrogens is 394 g/mol. The SMILES string of the molecule is COc1ccccc1/C=C/C(=O)OCc1cccc(S(=O)(=O)N2CCOCC2)c1. The van der Waals surface area contributed by atoms with Crippen LogP contribution in [-0.4, -0.2) is 52.1 Å². The first-order chi connectivity index (χ1) is 14.0. The van der Waals surface area contributed by atoms with E-state index in [1.165, 1.54) is 22.5 Å². The third kappa shape index (κ3) is 5.44. The molecule has 0 radical (unpaired) electrons. The third-order valence-electron chi connectivity index (χ3n) is 4.43.